The van der Waals surface area contributed by atoms with E-state index >= 15 is 0 Å². The molecule has 0 saturated heterocycles. The standard InChI is InChI=1S/C15H29N3O2S/c1-6-14-13(10-12(5)16)15(7-2)18(17-14)8-9-21(19,20)11(3)4/h11-12H,6-10,16H2,1-5H3. The Morgan fingerprint density at radius 2 is 1.81 bits per heavy atom. The lowest BCUT2D eigenvalue weighted by molar-refractivity contribution is 0.565. The summed E-state index contributed by atoms with van der Waals surface area (Å²) in [6.45, 7) is 10.0. The SMILES string of the molecule is CCc1nn(CCS(=O)(=O)C(C)C)c(CC)c1CC(C)N. The maximum Gasteiger partial charge on any atom is 0.154 e. The van der Waals surface area contributed by atoms with E-state index in [2.05, 4.69) is 18.9 Å². The Labute approximate surface area is 128 Å². The minimum atomic E-state index is -3.04. The molecular weight excluding hydrogens is 286 g/mol. The fraction of sp³-hybridized carbons (Fsp3) is 0.800. The van der Waals surface area contributed by atoms with Crippen LogP contribution in [0.4, 0.5) is 0 Å². The molecule has 6 heteroatoms. The average molecular weight is 315 g/mol. The van der Waals surface area contributed by atoms with E-state index in [-0.39, 0.29) is 17.0 Å². The molecule has 1 aromatic heterocycles. The first-order chi connectivity index (χ1) is 9.72. The second-order valence-electron chi connectivity index (χ2n) is 5.90. The molecule has 1 unspecified atom stereocenters. The molecule has 0 amide bonds. The maximum atomic E-state index is 12.0. The predicted molar refractivity (Wildman–Crippen MR) is 87.3 cm³/mol. The van der Waals surface area contributed by atoms with Gasteiger partial charge in [-0.3, -0.25) is 4.68 Å². The van der Waals surface area contributed by atoms with Gasteiger partial charge in [-0.15, -0.1) is 0 Å². The number of aryl methyl sites for hydroxylation is 2. The molecule has 0 fully saturated rings. The van der Waals surface area contributed by atoms with Gasteiger partial charge in [-0.05, 0) is 45.6 Å². The molecule has 122 valence electrons. The number of sulfone groups is 1. The van der Waals surface area contributed by atoms with Gasteiger partial charge in [-0.1, -0.05) is 13.8 Å². The Morgan fingerprint density at radius 1 is 1.19 bits per heavy atom. The summed E-state index contributed by atoms with van der Waals surface area (Å²) in [5.74, 6) is 0.139. The monoisotopic (exact) mass is 315 g/mol. The number of hydrogen-bond acceptors (Lipinski definition) is 4. The average Bonchev–Trinajstić information content (AvgIpc) is 2.72. The Kier molecular flexibility index (Phi) is 6.41. The van der Waals surface area contributed by atoms with Crippen LogP contribution < -0.4 is 5.73 Å². The Morgan fingerprint density at radius 3 is 2.24 bits per heavy atom. The molecule has 0 radical (unpaired) electrons. The van der Waals surface area contributed by atoms with Crippen molar-refractivity contribution in [3.05, 3.63) is 17.0 Å². The van der Waals surface area contributed by atoms with E-state index in [0.29, 0.717) is 6.54 Å². The fourth-order valence-electron chi connectivity index (χ4n) is 2.46. The largest absolute Gasteiger partial charge is 0.328 e. The van der Waals surface area contributed by atoms with Gasteiger partial charge < -0.3 is 5.73 Å². The molecule has 0 aliphatic carbocycles. The summed E-state index contributed by atoms with van der Waals surface area (Å²) in [5.41, 5.74) is 9.31. The van der Waals surface area contributed by atoms with Crippen LogP contribution in [0.5, 0.6) is 0 Å². The van der Waals surface area contributed by atoms with E-state index in [1.165, 1.54) is 5.56 Å². The first kappa shape index (κ1) is 18.2. The van der Waals surface area contributed by atoms with Crippen LogP contribution in [0.15, 0.2) is 0 Å². The van der Waals surface area contributed by atoms with Gasteiger partial charge in [0.25, 0.3) is 0 Å². The van der Waals surface area contributed by atoms with Gasteiger partial charge in [0.1, 0.15) is 0 Å². The third-order valence-electron chi connectivity index (χ3n) is 3.75. The molecule has 0 aliphatic heterocycles. The molecular formula is C15H29N3O2S. The van der Waals surface area contributed by atoms with Gasteiger partial charge in [0.05, 0.1) is 23.2 Å². The molecule has 0 aromatic carbocycles. The van der Waals surface area contributed by atoms with Crippen molar-refractivity contribution in [3.8, 4) is 0 Å². The molecule has 1 aromatic rings. The molecule has 5 nitrogen and oxygen atoms in total. The van der Waals surface area contributed by atoms with Crippen LogP contribution in [0.1, 0.15) is 51.6 Å². The van der Waals surface area contributed by atoms with Crippen LogP contribution in [0, 0.1) is 0 Å². The highest BCUT2D eigenvalue weighted by atomic mass is 32.2. The van der Waals surface area contributed by atoms with Gasteiger partial charge >= 0.3 is 0 Å². The second kappa shape index (κ2) is 7.40. The predicted octanol–water partition coefficient (Wildman–Crippen LogP) is 1.72. The molecule has 0 spiro atoms. The quantitative estimate of drug-likeness (QED) is 0.792. The van der Waals surface area contributed by atoms with Crippen molar-refractivity contribution >= 4 is 9.84 Å². The first-order valence-electron chi connectivity index (χ1n) is 7.77. The second-order valence-corrected chi connectivity index (χ2v) is 8.58. The van der Waals surface area contributed by atoms with Crippen LogP contribution in [-0.4, -0.2) is 35.2 Å². The molecule has 0 bridgehead atoms. The normalized spacial score (nSPS) is 13.9. The van der Waals surface area contributed by atoms with E-state index in [0.717, 1.165) is 30.7 Å². The van der Waals surface area contributed by atoms with Crippen molar-refractivity contribution < 1.29 is 8.42 Å². The highest BCUT2D eigenvalue weighted by Crippen LogP contribution is 2.18. The summed E-state index contributed by atoms with van der Waals surface area (Å²) < 4.78 is 25.8. The summed E-state index contributed by atoms with van der Waals surface area (Å²) in [6, 6.07) is 0.0812. The minimum Gasteiger partial charge on any atom is -0.328 e. The minimum absolute atomic E-state index is 0.0812. The molecule has 0 saturated carbocycles. The zero-order valence-corrected chi connectivity index (χ0v) is 14.7. The third-order valence-corrected chi connectivity index (χ3v) is 5.94. The Hall–Kier alpha value is -0.880. The summed E-state index contributed by atoms with van der Waals surface area (Å²) in [5, 5.41) is 4.27. The lowest BCUT2D eigenvalue weighted by Crippen LogP contribution is -2.22. The maximum absolute atomic E-state index is 12.0. The first-order valence-corrected chi connectivity index (χ1v) is 9.49. The van der Waals surface area contributed by atoms with Crippen molar-refractivity contribution in [2.24, 2.45) is 5.73 Å². The van der Waals surface area contributed by atoms with Crippen LogP contribution in [0.3, 0.4) is 0 Å². The number of hydrogen-bond donors (Lipinski definition) is 1. The van der Waals surface area contributed by atoms with Crippen LogP contribution in [0.2, 0.25) is 0 Å². The molecule has 0 aliphatic rings. The van der Waals surface area contributed by atoms with Gasteiger partial charge in [0, 0.05) is 11.7 Å². The van der Waals surface area contributed by atoms with E-state index in [9.17, 15) is 8.42 Å². The van der Waals surface area contributed by atoms with E-state index in [4.69, 9.17) is 5.73 Å². The molecule has 1 rings (SSSR count). The third kappa shape index (κ3) is 4.54. The van der Waals surface area contributed by atoms with Crippen molar-refractivity contribution in [1.82, 2.24) is 9.78 Å². The van der Waals surface area contributed by atoms with Crippen LogP contribution in [0.25, 0.3) is 0 Å². The number of nitrogens with zero attached hydrogens (tertiary/aromatic N) is 2. The summed E-state index contributed by atoms with van der Waals surface area (Å²) in [6.07, 6.45) is 2.49. The fourth-order valence-corrected chi connectivity index (χ4v) is 3.36. The lowest BCUT2D eigenvalue weighted by atomic mass is 10.0. The van der Waals surface area contributed by atoms with Gasteiger partial charge in [0.15, 0.2) is 9.84 Å². The summed E-state index contributed by atoms with van der Waals surface area (Å²) in [7, 11) is -3.04. The van der Waals surface area contributed by atoms with Crippen LogP contribution >= 0.6 is 0 Å². The zero-order chi connectivity index (χ0) is 16.2. The van der Waals surface area contributed by atoms with Crippen molar-refractivity contribution in [3.63, 3.8) is 0 Å². The van der Waals surface area contributed by atoms with E-state index in [1.807, 2.05) is 11.6 Å². The van der Waals surface area contributed by atoms with Crippen molar-refractivity contribution in [2.75, 3.05) is 5.75 Å². The Balaban J connectivity index is 3.05. The van der Waals surface area contributed by atoms with Gasteiger partial charge in [-0.2, -0.15) is 5.10 Å². The topological polar surface area (TPSA) is 78.0 Å². The Bertz CT molecular complexity index is 560. The van der Waals surface area contributed by atoms with Crippen LogP contribution in [-0.2, 0) is 35.6 Å². The molecule has 21 heavy (non-hydrogen) atoms. The van der Waals surface area contributed by atoms with E-state index < -0.39 is 9.84 Å². The zero-order valence-electron chi connectivity index (χ0n) is 13.9. The highest BCUT2D eigenvalue weighted by Gasteiger charge is 2.20. The highest BCUT2D eigenvalue weighted by molar-refractivity contribution is 7.91. The molecule has 1 heterocycles. The number of rotatable bonds is 8. The number of aromatic nitrogens is 2. The number of nitrogens with two attached hydrogens (primary N) is 1. The van der Waals surface area contributed by atoms with Crippen molar-refractivity contribution in [2.45, 2.75) is 71.7 Å². The summed E-state index contributed by atoms with van der Waals surface area (Å²) in [4.78, 5) is 0. The van der Waals surface area contributed by atoms with Crippen molar-refractivity contribution in [1.29, 1.82) is 0 Å². The molecule has 1 atom stereocenters. The smallest absolute Gasteiger partial charge is 0.154 e. The van der Waals surface area contributed by atoms with E-state index in [1.54, 1.807) is 13.8 Å². The van der Waals surface area contributed by atoms with Gasteiger partial charge in [-0.25, -0.2) is 8.42 Å². The lowest BCUT2D eigenvalue weighted by Gasteiger charge is -2.11. The summed E-state index contributed by atoms with van der Waals surface area (Å²) >= 11 is 0. The van der Waals surface area contributed by atoms with Gasteiger partial charge in [0.2, 0.25) is 0 Å². The molecule has 2 N–H and O–H groups in total.